The Labute approximate surface area is 208 Å². The highest BCUT2D eigenvalue weighted by atomic mass is 16.6. The zero-order valence-electron chi connectivity index (χ0n) is 19.9. The largest absolute Gasteiger partial charge is 0.480 e. The predicted octanol–water partition coefficient (Wildman–Crippen LogP) is 0.0221. The van der Waals surface area contributed by atoms with Gasteiger partial charge in [0.05, 0.1) is 6.54 Å². The number of carboxylic acid groups (broad SMARTS) is 1. The number of nitrogens with zero attached hydrogens (tertiary/aromatic N) is 2. The summed E-state index contributed by atoms with van der Waals surface area (Å²) in [6.07, 6.45) is 1.41. The molecule has 3 rings (SSSR count). The van der Waals surface area contributed by atoms with E-state index in [4.69, 9.17) is 9.47 Å². The summed E-state index contributed by atoms with van der Waals surface area (Å²) >= 11 is 0. The van der Waals surface area contributed by atoms with Gasteiger partial charge in [-0.2, -0.15) is 0 Å². The maximum Gasteiger partial charge on any atom is 0.409 e. The highest BCUT2D eigenvalue weighted by Crippen LogP contribution is 2.10. The van der Waals surface area contributed by atoms with Crippen LogP contribution in [0, 0.1) is 0 Å². The molecule has 13 nitrogen and oxygen atoms in total. The fourth-order valence-corrected chi connectivity index (χ4v) is 3.60. The van der Waals surface area contributed by atoms with Crippen LogP contribution in [0.3, 0.4) is 0 Å². The van der Waals surface area contributed by atoms with Crippen LogP contribution < -0.4 is 21.3 Å². The average molecular weight is 505 g/mol. The summed E-state index contributed by atoms with van der Waals surface area (Å²) in [5.74, 6) is -1.60. The van der Waals surface area contributed by atoms with E-state index in [1.807, 2.05) is 6.07 Å². The lowest BCUT2D eigenvalue weighted by Gasteiger charge is -2.27. The van der Waals surface area contributed by atoms with E-state index in [9.17, 15) is 24.3 Å². The van der Waals surface area contributed by atoms with E-state index < -0.39 is 42.7 Å². The molecule has 5 N–H and O–H groups in total. The number of benzene rings is 1. The number of hydrogen-bond donors (Lipinski definition) is 5. The molecule has 0 saturated carbocycles. The summed E-state index contributed by atoms with van der Waals surface area (Å²) in [7, 11) is 0. The van der Waals surface area contributed by atoms with Gasteiger partial charge in [-0.15, -0.1) is 0 Å². The summed E-state index contributed by atoms with van der Waals surface area (Å²) < 4.78 is 10.4. The Bertz CT molecular complexity index is 936. The maximum absolute atomic E-state index is 12.8. The zero-order valence-corrected chi connectivity index (χ0v) is 19.9. The summed E-state index contributed by atoms with van der Waals surface area (Å²) in [5, 5.41) is 20.0. The number of aliphatic carboxylic acids is 1. The monoisotopic (exact) mass is 504 g/mol. The van der Waals surface area contributed by atoms with E-state index >= 15 is 0 Å². The van der Waals surface area contributed by atoms with E-state index in [1.165, 1.54) is 0 Å². The van der Waals surface area contributed by atoms with Crippen molar-refractivity contribution < 1.29 is 33.8 Å². The van der Waals surface area contributed by atoms with Crippen molar-refractivity contribution in [2.45, 2.75) is 38.0 Å². The van der Waals surface area contributed by atoms with Crippen molar-refractivity contribution in [1.29, 1.82) is 0 Å². The van der Waals surface area contributed by atoms with Crippen LogP contribution in [0.15, 0.2) is 35.3 Å². The van der Waals surface area contributed by atoms with Crippen LogP contribution in [0.25, 0.3) is 0 Å². The van der Waals surface area contributed by atoms with Gasteiger partial charge in [0, 0.05) is 26.2 Å². The van der Waals surface area contributed by atoms with E-state index in [0.29, 0.717) is 32.1 Å². The number of aliphatic imine (C=N–C) groups is 1. The van der Waals surface area contributed by atoms with Crippen LogP contribution in [0.2, 0.25) is 0 Å². The standard InChI is InChI=1S/C23H32N6O7/c30-19(26-13-17(20(31)32)28-22(33)35-14-16-7-3-1-4-8-16)18(27-21-24-9-10-25-21)15-36-23(34)29-11-5-2-6-12-29/h1,3-4,7-8,17-18H,2,5-6,9-15H2,(H,26,30)(H,28,33)(H,31,32)(H2,24,25,27)/t17-,18?/m0/s1. The molecular formula is C23H32N6O7. The van der Waals surface area contributed by atoms with Crippen molar-refractivity contribution in [3.05, 3.63) is 35.9 Å². The molecule has 1 aromatic rings. The molecule has 2 aliphatic rings. The van der Waals surface area contributed by atoms with Crippen molar-refractivity contribution in [3.63, 3.8) is 0 Å². The quantitative estimate of drug-likeness (QED) is 0.295. The molecule has 0 spiro atoms. The number of carbonyl (C=O) groups is 4. The molecule has 36 heavy (non-hydrogen) atoms. The van der Waals surface area contributed by atoms with Gasteiger partial charge in [0.15, 0.2) is 5.96 Å². The Hall–Kier alpha value is -4.03. The van der Waals surface area contributed by atoms with E-state index in [2.05, 4.69) is 26.3 Å². The van der Waals surface area contributed by atoms with Gasteiger partial charge in [0.1, 0.15) is 25.3 Å². The molecule has 3 amide bonds. The number of likely N-dealkylation sites (tertiary alicyclic amines) is 1. The number of piperidine rings is 1. The summed E-state index contributed by atoms with van der Waals surface area (Å²) in [6.45, 7) is 1.60. The van der Waals surface area contributed by atoms with Gasteiger partial charge < -0.3 is 40.7 Å². The molecule has 0 bridgehead atoms. The van der Waals surface area contributed by atoms with Crippen molar-refractivity contribution in [2.75, 3.05) is 39.3 Å². The normalized spacial score (nSPS) is 16.6. The van der Waals surface area contributed by atoms with E-state index in [0.717, 1.165) is 24.8 Å². The number of hydrogen-bond acceptors (Lipinski definition) is 9. The predicted molar refractivity (Wildman–Crippen MR) is 128 cm³/mol. The number of carboxylic acids is 1. The Morgan fingerprint density at radius 1 is 1.06 bits per heavy atom. The first-order chi connectivity index (χ1) is 17.4. The lowest BCUT2D eigenvalue weighted by molar-refractivity contribution is -0.139. The van der Waals surface area contributed by atoms with Gasteiger partial charge in [-0.25, -0.2) is 14.4 Å². The number of rotatable bonds is 10. The lowest BCUT2D eigenvalue weighted by atomic mass is 10.1. The van der Waals surface area contributed by atoms with Crippen LogP contribution in [0.5, 0.6) is 0 Å². The van der Waals surface area contributed by atoms with Gasteiger partial charge in [0.2, 0.25) is 5.91 Å². The van der Waals surface area contributed by atoms with E-state index in [1.54, 1.807) is 29.2 Å². The van der Waals surface area contributed by atoms with Crippen LogP contribution in [0.4, 0.5) is 9.59 Å². The molecular weight excluding hydrogens is 472 g/mol. The summed E-state index contributed by atoms with van der Waals surface area (Å²) in [6, 6.07) is 6.45. The molecule has 0 radical (unpaired) electrons. The molecule has 2 atom stereocenters. The van der Waals surface area contributed by atoms with Crippen LogP contribution >= 0.6 is 0 Å². The molecule has 2 aliphatic heterocycles. The third-order valence-electron chi connectivity index (χ3n) is 5.57. The minimum absolute atomic E-state index is 0.0329. The number of nitrogens with one attached hydrogen (secondary N) is 4. The van der Waals surface area contributed by atoms with Crippen molar-refractivity contribution in [3.8, 4) is 0 Å². The van der Waals surface area contributed by atoms with Gasteiger partial charge >= 0.3 is 18.2 Å². The van der Waals surface area contributed by atoms with Crippen molar-refractivity contribution in [2.24, 2.45) is 4.99 Å². The highest BCUT2D eigenvalue weighted by Gasteiger charge is 2.27. The minimum atomic E-state index is -1.43. The van der Waals surface area contributed by atoms with Gasteiger partial charge in [-0.3, -0.25) is 9.79 Å². The second kappa shape index (κ2) is 13.8. The minimum Gasteiger partial charge on any atom is -0.480 e. The Kier molecular flexibility index (Phi) is 10.2. The van der Waals surface area contributed by atoms with Crippen molar-refractivity contribution in [1.82, 2.24) is 26.2 Å². The SMILES string of the molecule is O=C(N[C@@H](CNC(=O)C(COC(=O)N1CCCCC1)NC1=NCCN1)C(=O)O)OCc1ccccc1. The average Bonchev–Trinajstić information content (AvgIpc) is 3.41. The smallest absolute Gasteiger partial charge is 0.409 e. The lowest BCUT2D eigenvalue weighted by Crippen LogP contribution is -2.55. The second-order valence-electron chi connectivity index (χ2n) is 8.32. The summed E-state index contributed by atoms with van der Waals surface area (Å²) in [5.41, 5.74) is 0.740. The fourth-order valence-electron chi connectivity index (χ4n) is 3.60. The molecule has 1 fully saturated rings. The molecule has 13 heteroatoms. The molecule has 196 valence electrons. The second-order valence-corrected chi connectivity index (χ2v) is 8.32. The number of amides is 3. The first-order valence-electron chi connectivity index (χ1n) is 11.9. The molecule has 0 aromatic heterocycles. The molecule has 1 saturated heterocycles. The Morgan fingerprint density at radius 3 is 2.47 bits per heavy atom. The molecule has 1 unspecified atom stereocenters. The van der Waals surface area contributed by atoms with Crippen LogP contribution in [0.1, 0.15) is 24.8 Å². The number of alkyl carbamates (subject to hydrolysis) is 1. The van der Waals surface area contributed by atoms with Crippen LogP contribution in [-0.4, -0.2) is 91.4 Å². The Balaban J connectivity index is 1.51. The van der Waals surface area contributed by atoms with Gasteiger partial charge in [-0.05, 0) is 24.8 Å². The topological polar surface area (TPSA) is 171 Å². The fraction of sp³-hybridized carbons (Fsp3) is 0.522. The van der Waals surface area contributed by atoms with Crippen LogP contribution in [-0.2, 0) is 25.7 Å². The first-order valence-corrected chi connectivity index (χ1v) is 11.9. The third kappa shape index (κ3) is 8.64. The Morgan fingerprint density at radius 2 is 1.81 bits per heavy atom. The number of ether oxygens (including phenoxy) is 2. The molecule has 0 aliphatic carbocycles. The number of carbonyl (C=O) groups excluding carboxylic acids is 3. The molecule has 2 heterocycles. The maximum atomic E-state index is 12.8. The molecule has 1 aromatic carbocycles. The van der Waals surface area contributed by atoms with Gasteiger partial charge in [0.25, 0.3) is 0 Å². The third-order valence-corrected chi connectivity index (χ3v) is 5.57. The zero-order chi connectivity index (χ0) is 25.8. The number of guanidine groups is 1. The highest BCUT2D eigenvalue weighted by molar-refractivity contribution is 5.90. The van der Waals surface area contributed by atoms with E-state index in [-0.39, 0.29) is 13.2 Å². The van der Waals surface area contributed by atoms with Crippen molar-refractivity contribution >= 4 is 30.0 Å². The summed E-state index contributed by atoms with van der Waals surface area (Å²) in [4.78, 5) is 54.7. The first kappa shape index (κ1) is 26.6. The van der Waals surface area contributed by atoms with Gasteiger partial charge in [-0.1, -0.05) is 30.3 Å².